The number of hydrogen-bond acceptors (Lipinski definition) is 2. The van der Waals surface area contributed by atoms with Gasteiger partial charge in [-0.3, -0.25) is 4.79 Å². The smallest absolute Gasteiger partial charge is 0.273 e. The molecule has 4 nitrogen and oxygen atoms in total. The SMILES string of the molecule is CC.CCc1ccn2nc(C(=O)N(C)C)cc2c1. The first-order valence-corrected chi connectivity index (χ1v) is 6.31. The molecule has 0 radical (unpaired) electrons. The highest BCUT2D eigenvalue weighted by atomic mass is 16.2. The van der Waals surface area contributed by atoms with E-state index in [1.807, 2.05) is 32.2 Å². The topological polar surface area (TPSA) is 37.6 Å². The van der Waals surface area contributed by atoms with Crippen LogP contribution in [-0.4, -0.2) is 34.5 Å². The average Bonchev–Trinajstić information content (AvgIpc) is 2.82. The highest BCUT2D eigenvalue weighted by Crippen LogP contribution is 2.10. The van der Waals surface area contributed by atoms with Crippen molar-refractivity contribution in [2.45, 2.75) is 27.2 Å². The Labute approximate surface area is 108 Å². The van der Waals surface area contributed by atoms with Crippen LogP contribution in [-0.2, 0) is 6.42 Å². The van der Waals surface area contributed by atoms with E-state index in [1.165, 1.54) is 10.5 Å². The third-order valence-electron chi connectivity index (χ3n) is 2.56. The number of nitrogens with zero attached hydrogens (tertiary/aromatic N) is 3. The molecule has 0 saturated carbocycles. The molecular formula is C14H21N3O. The molecule has 2 heterocycles. The zero-order valence-corrected chi connectivity index (χ0v) is 11.8. The van der Waals surface area contributed by atoms with Gasteiger partial charge in [0.1, 0.15) is 0 Å². The maximum atomic E-state index is 11.7. The van der Waals surface area contributed by atoms with Crippen LogP contribution in [0.25, 0.3) is 5.52 Å². The van der Waals surface area contributed by atoms with Gasteiger partial charge in [0.15, 0.2) is 5.69 Å². The lowest BCUT2D eigenvalue weighted by atomic mass is 10.2. The van der Waals surface area contributed by atoms with Crippen molar-refractivity contribution in [2.24, 2.45) is 0 Å². The molecule has 98 valence electrons. The van der Waals surface area contributed by atoms with Gasteiger partial charge in [-0.25, -0.2) is 4.52 Å². The predicted molar refractivity (Wildman–Crippen MR) is 73.9 cm³/mol. The third-order valence-corrected chi connectivity index (χ3v) is 2.56. The van der Waals surface area contributed by atoms with E-state index in [1.54, 1.807) is 18.6 Å². The molecule has 1 amide bonds. The third kappa shape index (κ3) is 2.88. The lowest BCUT2D eigenvalue weighted by molar-refractivity contribution is 0.0821. The molecule has 0 bridgehead atoms. The monoisotopic (exact) mass is 247 g/mol. The van der Waals surface area contributed by atoms with Crippen LogP contribution in [0.4, 0.5) is 0 Å². The Morgan fingerprint density at radius 3 is 2.56 bits per heavy atom. The quantitative estimate of drug-likeness (QED) is 0.818. The second-order valence-electron chi connectivity index (χ2n) is 3.99. The van der Waals surface area contributed by atoms with Gasteiger partial charge in [-0.05, 0) is 30.2 Å². The van der Waals surface area contributed by atoms with Gasteiger partial charge in [-0.1, -0.05) is 20.8 Å². The molecule has 0 aromatic carbocycles. The summed E-state index contributed by atoms with van der Waals surface area (Å²) in [6, 6.07) is 5.89. The first-order valence-electron chi connectivity index (χ1n) is 6.31. The Bertz CT molecular complexity index is 529. The van der Waals surface area contributed by atoms with Gasteiger partial charge in [0.05, 0.1) is 5.52 Å². The number of amides is 1. The van der Waals surface area contributed by atoms with Crippen molar-refractivity contribution in [3.8, 4) is 0 Å². The van der Waals surface area contributed by atoms with Gasteiger partial charge in [-0.15, -0.1) is 0 Å². The predicted octanol–water partition coefficient (Wildman–Crippen LogP) is 2.62. The molecule has 0 spiro atoms. The Morgan fingerprint density at radius 1 is 1.33 bits per heavy atom. The molecule has 0 N–H and O–H groups in total. The second kappa shape index (κ2) is 6.19. The summed E-state index contributed by atoms with van der Waals surface area (Å²) in [6.07, 6.45) is 2.87. The zero-order chi connectivity index (χ0) is 13.7. The van der Waals surface area contributed by atoms with Gasteiger partial charge in [0, 0.05) is 20.3 Å². The second-order valence-corrected chi connectivity index (χ2v) is 3.99. The molecule has 0 fully saturated rings. The number of rotatable bonds is 2. The molecular weight excluding hydrogens is 226 g/mol. The molecule has 0 aliphatic carbocycles. The number of aromatic nitrogens is 2. The van der Waals surface area contributed by atoms with E-state index in [4.69, 9.17) is 0 Å². The first-order chi connectivity index (χ1) is 8.61. The lowest BCUT2D eigenvalue weighted by Gasteiger charge is -2.06. The highest BCUT2D eigenvalue weighted by molar-refractivity contribution is 5.93. The normalized spacial score (nSPS) is 9.83. The largest absolute Gasteiger partial charge is 0.343 e. The summed E-state index contributed by atoms with van der Waals surface area (Å²) < 4.78 is 1.73. The van der Waals surface area contributed by atoms with E-state index in [9.17, 15) is 4.79 Å². The zero-order valence-electron chi connectivity index (χ0n) is 11.8. The van der Waals surface area contributed by atoms with Crippen LogP contribution in [0.5, 0.6) is 0 Å². The van der Waals surface area contributed by atoms with E-state index in [-0.39, 0.29) is 5.91 Å². The number of pyridine rings is 1. The fourth-order valence-electron chi connectivity index (χ4n) is 1.59. The highest BCUT2D eigenvalue weighted by Gasteiger charge is 2.12. The van der Waals surface area contributed by atoms with Crippen molar-refractivity contribution in [1.82, 2.24) is 14.5 Å². The van der Waals surface area contributed by atoms with Crippen LogP contribution < -0.4 is 0 Å². The minimum Gasteiger partial charge on any atom is -0.343 e. The summed E-state index contributed by atoms with van der Waals surface area (Å²) in [5.41, 5.74) is 2.69. The number of fused-ring (bicyclic) bond motifs is 1. The van der Waals surface area contributed by atoms with E-state index in [0.717, 1.165) is 11.9 Å². The van der Waals surface area contributed by atoms with Gasteiger partial charge in [-0.2, -0.15) is 5.10 Å². The minimum atomic E-state index is -0.0678. The average molecular weight is 247 g/mol. The van der Waals surface area contributed by atoms with Crippen molar-refractivity contribution in [3.05, 3.63) is 35.7 Å². The Hall–Kier alpha value is -1.84. The summed E-state index contributed by atoms with van der Waals surface area (Å²) >= 11 is 0. The van der Waals surface area contributed by atoms with E-state index in [0.29, 0.717) is 5.69 Å². The molecule has 18 heavy (non-hydrogen) atoms. The minimum absolute atomic E-state index is 0.0678. The van der Waals surface area contributed by atoms with Crippen LogP contribution in [0.15, 0.2) is 24.4 Å². The van der Waals surface area contributed by atoms with Crippen molar-refractivity contribution in [2.75, 3.05) is 14.1 Å². The number of carbonyl (C=O) groups is 1. The van der Waals surface area contributed by atoms with Gasteiger partial charge in [0.2, 0.25) is 0 Å². The van der Waals surface area contributed by atoms with Crippen LogP contribution >= 0.6 is 0 Å². The maximum absolute atomic E-state index is 11.7. The summed E-state index contributed by atoms with van der Waals surface area (Å²) in [7, 11) is 3.45. The van der Waals surface area contributed by atoms with Crippen molar-refractivity contribution in [1.29, 1.82) is 0 Å². The van der Waals surface area contributed by atoms with Crippen LogP contribution in [0.3, 0.4) is 0 Å². The molecule has 2 aromatic heterocycles. The molecule has 2 rings (SSSR count). The molecule has 0 unspecified atom stereocenters. The lowest BCUT2D eigenvalue weighted by Crippen LogP contribution is -2.22. The van der Waals surface area contributed by atoms with E-state index < -0.39 is 0 Å². The van der Waals surface area contributed by atoms with Gasteiger partial charge in [0.25, 0.3) is 5.91 Å². The fourth-order valence-corrected chi connectivity index (χ4v) is 1.59. The van der Waals surface area contributed by atoms with Gasteiger partial charge >= 0.3 is 0 Å². The number of carbonyl (C=O) groups excluding carboxylic acids is 1. The number of aryl methyl sites for hydroxylation is 1. The van der Waals surface area contributed by atoms with Crippen LogP contribution in [0.2, 0.25) is 0 Å². The number of hydrogen-bond donors (Lipinski definition) is 0. The van der Waals surface area contributed by atoms with E-state index >= 15 is 0 Å². The maximum Gasteiger partial charge on any atom is 0.273 e. The Kier molecular flexibility index (Phi) is 4.89. The van der Waals surface area contributed by atoms with Crippen molar-refractivity contribution in [3.63, 3.8) is 0 Å². The molecule has 2 aromatic rings. The summed E-state index contributed by atoms with van der Waals surface area (Å²) in [4.78, 5) is 13.2. The molecule has 0 atom stereocenters. The molecule has 0 aliphatic heterocycles. The van der Waals surface area contributed by atoms with E-state index in [2.05, 4.69) is 18.1 Å². The fraction of sp³-hybridized carbons (Fsp3) is 0.429. The summed E-state index contributed by atoms with van der Waals surface area (Å²) in [5, 5.41) is 4.23. The first kappa shape index (κ1) is 14.2. The summed E-state index contributed by atoms with van der Waals surface area (Å²) in [6.45, 7) is 6.11. The van der Waals surface area contributed by atoms with Crippen molar-refractivity contribution >= 4 is 11.4 Å². The molecule has 4 heteroatoms. The Balaban J connectivity index is 0.000000771. The molecule has 0 saturated heterocycles. The van der Waals surface area contributed by atoms with Crippen molar-refractivity contribution < 1.29 is 4.79 Å². The standard InChI is InChI=1S/C12H15N3O.C2H6/c1-4-9-5-6-15-10(7-9)8-11(13-15)12(16)14(2)3;1-2/h5-8H,4H2,1-3H3;1-2H3. The summed E-state index contributed by atoms with van der Waals surface area (Å²) in [5.74, 6) is -0.0678. The van der Waals surface area contributed by atoms with Gasteiger partial charge < -0.3 is 4.90 Å². The Morgan fingerprint density at radius 2 is 2.00 bits per heavy atom. The van der Waals surface area contributed by atoms with Crippen LogP contribution in [0.1, 0.15) is 36.8 Å². The van der Waals surface area contributed by atoms with Crippen LogP contribution in [0, 0.1) is 0 Å². The molecule has 0 aliphatic rings.